The summed E-state index contributed by atoms with van der Waals surface area (Å²) in [4.78, 5) is 8.90. The fourth-order valence-corrected chi connectivity index (χ4v) is 3.67. The van der Waals surface area contributed by atoms with Crippen LogP contribution in [0.4, 0.5) is 30.6 Å². The van der Waals surface area contributed by atoms with E-state index >= 15 is 0 Å². The summed E-state index contributed by atoms with van der Waals surface area (Å²) in [7, 11) is 0. The summed E-state index contributed by atoms with van der Waals surface area (Å²) in [6, 6.07) is 11.4. The van der Waals surface area contributed by atoms with E-state index in [0.717, 1.165) is 21.3 Å². The number of aromatic nitrogens is 2. The molecule has 0 radical (unpaired) electrons. The summed E-state index contributed by atoms with van der Waals surface area (Å²) >= 11 is 3.48. The Hall–Kier alpha value is -2.81. The predicted octanol–water partition coefficient (Wildman–Crippen LogP) is 6.60. The van der Waals surface area contributed by atoms with Crippen LogP contribution < -0.4 is 15.4 Å². The van der Waals surface area contributed by atoms with Crippen LogP contribution in [0.3, 0.4) is 0 Å². The number of nitrogens with zero attached hydrogens (tertiary/aromatic N) is 2. The summed E-state index contributed by atoms with van der Waals surface area (Å²) in [5.74, 6) is 0.580. The number of rotatable bonds is 6. The van der Waals surface area contributed by atoms with E-state index in [-0.39, 0.29) is 5.75 Å². The Labute approximate surface area is 180 Å². The van der Waals surface area contributed by atoms with Gasteiger partial charge in [0.2, 0.25) is 5.95 Å². The van der Waals surface area contributed by atoms with E-state index in [2.05, 4.69) is 41.3 Å². The first-order valence-corrected chi connectivity index (χ1v) is 9.97. The van der Waals surface area contributed by atoms with Crippen LogP contribution in [0.1, 0.15) is 18.1 Å². The number of alkyl halides is 3. The number of anilines is 3. The van der Waals surface area contributed by atoms with Gasteiger partial charge in [-0.1, -0.05) is 28.1 Å². The number of hydrogen-bond donors (Lipinski definition) is 2. The van der Waals surface area contributed by atoms with Crippen molar-refractivity contribution >= 4 is 33.4 Å². The van der Waals surface area contributed by atoms with E-state index in [1.807, 2.05) is 32.9 Å². The van der Waals surface area contributed by atoms with Crippen LogP contribution >= 0.6 is 15.9 Å². The Bertz CT molecular complexity index is 1030. The van der Waals surface area contributed by atoms with Gasteiger partial charge in [-0.15, -0.1) is 13.2 Å². The number of halogens is 4. The smallest absolute Gasteiger partial charge is 0.406 e. The van der Waals surface area contributed by atoms with E-state index in [4.69, 9.17) is 0 Å². The van der Waals surface area contributed by atoms with Crippen molar-refractivity contribution in [2.45, 2.75) is 27.1 Å². The lowest BCUT2D eigenvalue weighted by Crippen LogP contribution is -2.17. The van der Waals surface area contributed by atoms with Gasteiger partial charge in [0.1, 0.15) is 11.6 Å². The first kappa shape index (κ1) is 21.9. The van der Waals surface area contributed by atoms with Gasteiger partial charge < -0.3 is 15.4 Å². The van der Waals surface area contributed by atoms with Crippen molar-refractivity contribution in [2.24, 2.45) is 0 Å². The molecule has 0 aliphatic carbocycles. The number of ether oxygens (including phenoxy) is 1. The summed E-state index contributed by atoms with van der Waals surface area (Å²) < 4.78 is 42.7. The van der Waals surface area contributed by atoms with Crippen molar-refractivity contribution in [1.29, 1.82) is 0 Å². The highest BCUT2D eigenvalue weighted by atomic mass is 79.9. The minimum atomic E-state index is -4.76. The second-order valence-corrected chi connectivity index (χ2v) is 7.52. The lowest BCUT2D eigenvalue weighted by molar-refractivity contribution is -0.274. The third kappa shape index (κ3) is 5.63. The first-order chi connectivity index (χ1) is 14.1. The summed E-state index contributed by atoms with van der Waals surface area (Å²) in [6.45, 7) is 6.46. The zero-order valence-electron chi connectivity index (χ0n) is 16.6. The number of benzene rings is 2. The molecule has 5 nitrogen and oxygen atoms in total. The second-order valence-electron chi connectivity index (χ2n) is 6.61. The minimum Gasteiger partial charge on any atom is -0.406 e. The maximum atomic E-state index is 12.6. The molecule has 0 amide bonds. The molecule has 0 unspecified atom stereocenters. The summed E-state index contributed by atoms with van der Waals surface area (Å²) in [5.41, 5.74) is 3.88. The van der Waals surface area contributed by atoms with Gasteiger partial charge in [-0.2, -0.15) is 4.98 Å². The molecule has 2 N–H and O–H groups in total. The highest BCUT2D eigenvalue weighted by molar-refractivity contribution is 9.10. The zero-order chi connectivity index (χ0) is 21.9. The van der Waals surface area contributed by atoms with Crippen LogP contribution in [0.15, 0.2) is 46.9 Å². The number of hydrogen-bond acceptors (Lipinski definition) is 5. The van der Waals surface area contributed by atoms with Crippen molar-refractivity contribution in [1.82, 2.24) is 9.97 Å². The van der Waals surface area contributed by atoms with Gasteiger partial charge >= 0.3 is 6.36 Å². The Morgan fingerprint density at radius 3 is 2.37 bits per heavy atom. The lowest BCUT2D eigenvalue weighted by Gasteiger charge is -2.15. The molecule has 3 aromatic rings. The third-order valence-corrected chi connectivity index (χ3v) is 4.63. The second kappa shape index (κ2) is 8.91. The fourth-order valence-electron chi connectivity index (χ4n) is 2.98. The maximum Gasteiger partial charge on any atom is 0.573 e. The van der Waals surface area contributed by atoms with E-state index in [9.17, 15) is 13.2 Å². The van der Waals surface area contributed by atoms with Gasteiger partial charge in [0.25, 0.3) is 0 Å². The van der Waals surface area contributed by atoms with E-state index in [1.54, 1.807) is 12.1 Å². The van der Waals surface area contributed by atoms with Crippen LogP contribution in [0.2, 0.25) is 0 Å². The average molecular weight is 481 g/mol. The van der Waals surface area contributed by atoms with Gasteiger partial charge in [0.05, 0.1) is 5.69 Å². The number of nitrogens with one attached hydrogen (secondary N) is 2. The van der Waals surface area contributed by atoms with Crippen LogP contribution in [0.5, 0.6) is 5.75 Å². The average Bonchev–Trinajstić information content (AvgIpc) is 2.63. The summed E-state index contributed by atoms with van der Waals surface area (Å²) in [5, 5.41) is 6.36. The standard InChI is InChI=1S/C21H20BrF3N4O/c1-4-26-20-27-17(14-6-5-7-16(10-14)30-21(23,24)25)11-18(29-20)28-19-12(2)8-15(22)9-13(19)3/h5-11H,4H2,1-3H3,(H2,26,27,28,29). The molecule has 158 valence electrons. The molecule has 9 heteroatoms. The first-order valence-electron chi connectivity index (χ1n) is 9.17. The molecule has 1 heterocycles. The van der Waals surface area contributed by atoms with Crippen molar-refractivity contribution in [3.05, 3.63) is 58.1 Å². The molecular formula is C21H20BrF3N4O. The number of aryl methyl sites for hydroxylation is 2. The van der Waals surface area contributed by atoms with Crippen molar-refractivity contribution in [3.63, 3.8) is 0 Å². The van der Waals surface area contributed by atoms with Crippen LogP contribution in [0, 0.1) is 13.8 Å². The zero-order valence-corrected chi connectivity index (χ0v) is 18.1. The highest BCUT2D eigenvalue weighted by Crippen LogP contribution is 2.31. The minimum absolute atomic E-state index is 0.308. The molecule has 0 aliphatic rings. The molecule has 0 fully saturated rings. The van der Waals surface area contributed by atoms with E-state index in [1.165, 1.54) is 18.2 Å². The quantitative estimate of drug-likeness (QED) is 0.416. The molecular weight excluding hydrogens is 461 g/mol. The molecule has 0 spiro atoms. The topological polar surface area (TPSA) is 59.1 Å². The van der Waals surface area contributed by atoms with Crippen LogP contribution in [0.25, 0.3) is 11.3 Å². The SMILES string of the molecule is CCNc1nc(Nc2c(C)cc(Br)cc2C)cc(-c2cccc(OC(F)(F)F)c2)n1. The van der Waals surface area contributed by atoms with E-state index < -0.39 is 6.36 Å². The molecule has 0 atom stereocenters. The molecule has 2 aromatic carbocycles. The molecule has 0 saturated heterocycles. The lowest BCUT2D eigenvalue weighted by atomic mass is 10.1. The Morgan fingerprint density at radius 1 is 1.03 bits per heavy atom. The monoisotopic (exact) mass is 480 g/mol. The van der Waals surface area contributed by atoms with Gasteiger partial charge in [0, 0.05) is 28.3 Å². The normalized spacial score (nSPS) is 11.3. The Morgan fingerprint density at radius 2 is 1.73 bits per heavy atom. The van der Waals surface area contributed by atoms with Crippen molar-refractivity contribution in [3.8, 4) is 17.0 Å². The predicted molar refractivity (Wildman–Crippen MR) is 115 cm³/mol. The van der Waals surface area contributed by atoms with Crippen LogP contribution in [-0.4, -0.2) is 22.9 Å². The van der Waals surface area contributed by atoms with Crippen molar-refractivity contribution in [2.75, 3.05) is 17.2 Å². The molecule has 0 saturated carbocycles. The van der Waals surface area contributed by atoms with Gasteiger partial charge in [0.15, 0.2) is 0 Å². The van der Waals surface area contributed by atoms with Crippen molar-refractivity contribution < 1.29 is 17.9 Å². The summed E-state index contributed by atoms with van der Waals surface area (Å²) in [6.07, 6.45) is -4.76. The fraction of sp³-hybridized carbons (Fsp3) is 0.238. The van der Waals surface area contributed by atoms with Gasteiger partial charge in [-0.3, -0.25) is 0 Å². The maximum absolute atomic E-state index is 12.6. The van der Waals surface area contributed by atoms with Gasteiger partial charge in [-0.05, 0) is 56.2 Å². The highest BCUT2D eigenvalue weighted by Gasteiger charge is 2.31. The van der Waals surface area contributed by atoms with E-state index in [0.29, 0.717) is 29.6 Å². The Balaban J connectivity index is 2.01. The van der Waals surface area contributed by atoms with Gasteiger partial charge in [-0.25, -0.2) is 4.98 Å². The van der Waals surface area contributed by atoms with Crippen LogP contribution in [-0.2, 0) is 0 Å². The molecule has 0 aliphatic heterocycles. The Kier molecular flexibility index (Phi) is 6.50. The molecule has 0 bridgehead atoms. The molecule has 30 heavy (non-hydrogen) atoms. The molecule has 1 aromatic heterocycles. The molecule has 3 rings (SSSR count). The third-order valence-electron chi connectivity index (χ3n) is 4.17. The largest absolute Gasteiger partial charge is 0.573 e.